The lowest BCUT2D eigenvalue weighted by Crippen LogP contribution is -2.38. The van der Waals surface area contributed by atoms with Gasteiger partial charge in [0.2, 0.25) is 5.91 Å². The first-order chi connectivity index (χ1) is 8.97. The summed E-state index contributed by atoms with van der Waals surface area (Å²) in [5.74, 6) is 0.333. The average molecular weight is 254 g/mol. The summed E-state index contributed by atoms with van der Waals surface area (Å²) in [4.78, 5) is 16.3. The van der Waals surface area contributed by atoms with Crippen molar-refractivity contribution in [1.29, 1.82) is 0 Å². The van der Waals surface area contributed by atoms with Gasteiger partial charge in [-0.1, -0.05) is 18.2 Å². The smallest absolute Gasteiger partial charge is 0.221 e. The van der Waals surface area contributed by atoms with E-state index in [0.29, 0.717) is 6.42 Å². The number of pyridine rings is 1. The highest BCUT2D eigenvalue weighted by molar-refractivity contribution is 5.87. The monoisotopic (exact) mass is 254 g/mol. The highest BCUT2D eigenvalue weighted by Crippen LogP contribution is 2.39. The molecule has 1 aromatic carbocycles. The Labute approximate surface area is 113 Å². The van der Waals surface area contributed by atoms with E-state index in [9.17, 15) is 4.79 Å². The van der Waals surface area contributed by atoms with E-state index in [1.807, 2.05) is 25.1 Å². The van der Waals surface area contributed by atoms with Gasteiger partial charge in [0.1, 0.15) is 0 Å². The first kappa shape index (κ1) is 12.2. The third-order valence-electron chi connectivity index (χ3n) is 3.97. The lowest BCUT2D eigenvalue weighted by atomic mass is 9.81. The standard InChI is InChI=1S/C16H18N2O/c1-10-8-12(11-6-4-5-7-14(11)17-10)13-9-15(19)18-16(13,2)3/h4-8,13H,9H2,1-3H3,(H,18,19). The Morgan fingerprint density at radius 2 is 2.05 bits per heavy atom. The van der Waals surface area contributed by atoms with Gasteiger partial charge in [0.05, 0.1) is 5.52 Å². The molecule has 1 saturated heterocycles. The van der Waals surface area contributed by atoms with Crippen molar-refractivity contribution in [2.24, 2.45) is 0 Å². The van der Waals surface area contributed by atoms with Crippen LogP contribution < -0.4 is 5.32 Å². The minimum Gasteiger partial charge on any atom is -0.351 e. The van der Waals surface area contributed by atoms with Crippen LogP contribution in [0.5, 0.6) is 0 Å². The van der Waals surface area contributed by atoms with Gasteiger partial charge >= 0.3 is 0 Å². The number of hydrogen-bond donors (Lipinski definition) is 1. The minimum atomic E-state index is -0.201. The van der Waals surface area contributed by atoms with Crippen LogP contribution in [0.1, 0.15) is 37.4 Å². The molecule has 1 unspecified atom stereocenters. The highest BCUT2D eigenvalue weighted by Gasteiger charge is 2.40. The number of rotatable bonds is 1. The van der Waals surface area contributed by atoms with Crippen LogP contribution in [0.15, 0.2) is 30.3 Å². The quantitative estimate of drug-likeness (QED) is 0.850. The molecule has 1 aliphatic heterocycles. The fourth-order valence-corrected chi connectivity index (χ4v) is 3.07. The molecule has 0 spiro atoms. The van der Waals surface area contributed by atoms with Crippen LogP contribution in [0.3, 0.4) is 0 Å². The van der Waals surface area contributed by atoms with Gasteiger partial charge in [-0.3, -0.25) is 9.78 Å². The predicted molar refractivity (Wildman–Crippen MR) is 76.1 cm³/mol. The maximum absolute atomic E-state index is 11.7. The summed E-state index contributed by atoms with van der Waals surface area (Å²) >= 11 is 0. The van der Waals surface area contributed by atoms with Gasteiger partial charge in [-0.25, -0.2) is 0 Å². The molecule has 0 bridgehead atoms. The van der Waals surface area contributed by atoms with Crippen LogP contribution >= 0.6 is 0 Å². The molecule has 19 heavy (non-hydrogen) atoms. The molecule has 0 aliphatic carbocycles. The average Bonchev–Trinajstić information content (AvgIpc) is 2.61. The molecular formula is C16H18N2O. The third-order valence-corrected chi connectivity index (χ3v) is 3.97. The first-order valence-corrected chi connectivity index (χ1v) is 6.65. The zero-order chi connectivity index (χ0) is 13.6. The van der Waals surface area contributed by atoms with Gasteiger partial charge in [0, 0.05) is 29.0 Å². The van der Waals surface area contributed by atoms with Crippen LogP contribution in [0.4, 0.5) is 0 Å². The number of nitrogens with one attached hydrogen (secondary N) is 1. The number of aromatic nitrogens is 1. The molecule has 3 heteroatoms. The second kappa shape index (κ2) is 4.05. The van der Waals surface area contributed by atoms with Crippen LogP contribution in [0, 0.1) is 6.92 Å². The van der Waals surface area contributed by atoms with Crippen molar-refractivity contribution in [3.05, 3.63) is 41.6 Å². The van der Waals surface area contributed by atoms with Crippen molar-refractivity contribution >= 4 is 16.8 Å². The van der Waals surface area contributed by atoms with Crippen molar-refractivity contribution < 1.29 is 4.79 Å². The van der Waals surface area contributed by atoms with E-state index >= 15 is 0 Å². The van der Waals surface area contributed by atoms with E-state index in [1.54, 1.807) is 0 Å². The summed E-state index contributed by atoms with van der Waals surface area (Å²) in [7, 11) is 0. The summed E-state index contributed by atoms with van der Waals surface area (Å²) in [6, 6.07) is 10.3. The van der Waals surface area contributed by atoms with Gasteiger partial charge in [0.15, 0.2) is 0 Å². The molecule has 1 fully saturated rings. The Kier molecular flexibility index (Phi) is 2.59. The van der Waals surface area contributed by atoms with Crippen LogP contribution in [-0.2, 0) is 4.79 Å². The maximum atomic E-state index is 11.7. The van der Waals surface area contributed by atoms with E-state index in [2.05, 4.69) is 36.3 Å². The zero-order valence-electron chi connectivity index (χ0n) is 11.5. The maximum Gasteiger partial charge on any atom is 0.221 e. The molecule has 1 amide bonds. The largest absolute Gasteiger partial charge is 0.351 e. The number of benzene rings is 1. The molecule has 98 valence electrons. The minimum absolute atomic E-state index is 0.133. The van der Waals surface area contributed by atoms with E-state index < -0.39 is 0 Å². The van der Waals surface area contributed by atoms with Crippen LogP contribution in [-0.4, -0.2) is 16.4 Å². The molecule has 0 saturated carbocycles. The predicted octanol–water partition coefficient (Wildman–Crippen LogP) is 2.93. The third kappa shape index (κ3) is 1.99. The van der Waals surface area contributed by atoms with Gasteiger partial charge < -0.3 is 5.32 Å². The van der Waals surface area contributed by atoms with Gasteiger partial charge in [-0.2, -0.15) is 0 Å². The fraction of sp³-hybridized carbons (Fsp3) is 0.375. The summed E-state index contributed by atoms with van der Waals surface area (Å²) in [6.07, 6.45) is 0.556. The van der Waals surface area contributed by atoms with E-state index in [1.165, 1.54) is 5.56 Å². The van der Waals surface area contributed by atoms with Crippen molar-refractivity contribution in [1.82, 2.24) is 10.3 Å². The van der Waals surface area contributed by atoms with E-state index in [-0.39, 0.29) is 17.4 Å². The molecule has 1 N–H and O–H groups in total. The Bertz CT molecular complexity index is 661. The molecular weight excluding hydrogens is 236 g/mol. The number of nitrogens with zero attached hydrogens (tertiary/aromatic N) is 1. The Hall–Kier alpha value is -1.90. The van der Waals surface area contributed by atoms with Gasteiger partial charge in [0.25, 0.3) is 0 Å². The number of aryl methyl sites for hydroxylation is 1. The zero-order valence-corrected chi connectivity index (χ0v) is 11.5. The number of fused-ring (bicyclic) bond motifs is 1. The summed E-state index contributed by atoms with van der Waals surface area (Å²) in [5, 5.41) is 4.22. The Morgan fingerprint density at radius 1 is 1.32 bits per heavy atom. The molecule has 2 heterocycles. The number of hydrogen-bond acceptors (Lipinski definition) is 2. The highest BCUT2D eigenvalue weighted by atomic mass is 16.2. The molecule has 3 rings (SSSR count). The number of para-hydroxylation sites is 1. The lowest BCUT2D eigenvalue weighted by molar-refractivity contribution is -0.119. The molecule has 0 radical (unpaired) electrons. The second-order valence-corrected chi connectivity index (χ2v) is 5.90. The number of carbonyl (C=O) groups excluding carboxylic acids is 1. The molecule has 3 nitrogen and oxygen atoms in total. The molecule has 1 atom stereocenters. The normalized spacial score (nSPS) is 21.6. The number of carbonyl (C=O) groups is 1. The summed E-state index contributed by atoms with van der Waals surface area (Å²) < 4.78 is 0. The van der Waals surface area contributed by atoms with Crippen molar-refractivity contribution in [3.8, 4) is 0 Å². The van der Waals surface area contributed by atoms with E-state index in [0.717, 1.165) is 16.6 Å². The molecule has 1 aromatic heterocycles. The molecule has 1 aliphatic rings. The topological polar surface area (TPSA) is 42.0 Å². The van der Waals surface area contributed by atoms with E-state index in [4.69, 9.17) is 0 Å². The first-order valence-electron chi connectivity index (χ1n) is 6.65. The second-order valence-electron chi connectivity index (χ2n) is 5.90. The van der Waals surface area contributed by atoms with Crippen molar-refractivity contribution in [2.45, 2.75) is 38.6 Å². The SMILES string of the molecule is Cc1cc(C2CC(=O)NC2(C)C)c2ccccc2n1. The number of amides is 1. The van der Waals surface area contributed by atoms with Crippen LogP contribution in [0.2, 0.25) is 0 Å². The van der Waals surface area contributed by atoms with Gasteiger partial charge in [-0.05, 0) is 38.5 Å². The Morgan fingerprint density at radius 3 is 2.74 bits per heavy atom. The van der Waals surface area contributed by atoms with Crippen molar-refractivity contribution in [2.75, 3.05) is 0 Å². The molecule has 2 aromatic rings. The fourth-order valence-electron chi connectivity index (χ4n) is 3.07. The van der Waals surface area contributed by atoms with Gasteiger partial charge in [-0.15, -0.1) is 0 Å². The summed E-state index contributed by atoms with van der Waals surface area (Å²) in [6.45, 7) is 6.19. The lowest BCUT2D eigenvalue weighted by Gasteiger charge is -2.27. The van der Waals surface area contributed by atoms with Crippen molar-refractivity contribution in [3.63, 3.8) is 0 Å². The summed E-state index contributed by atoms with van der Waals surface area (Å²) in [5.41, 5.74) is 3.04. The van der Waals surface area contributed by atoms with Crippen LogP contribution in [0.25, 0.3) is 10.9 Å². The Balaban J connectivity index is 2.22.